The van der Waals surface area contributed by atoms with Crippen molar-refractivity contribution in [2.75, 3.05) is 30.2 Å². The molecule has 18 heavy (non-hydrogen) atoms. The first-order valence-electron chi connectivity index (χ1n) is 5.88. The molecule has 0 saturated heterocycles. The van der Waals surface area contributed by atoms with Crippen LogP contribution in [0, 0.1) is 0 Å². The van der Waals surface area contributed by atoms with E-state index in [2.05, 4.69) is 15.0 Å². The number of thiazole rings is 1. The fourth-order valence-corrected chi connectivity index (χ4v) is 3.79. The average Bonchev–Trinajstić information content (AvgIpc) is 2.70. The third-order valence-corrected chi connectivity index (χ3v) is 4.90. The number of hydrogen-bond acceptors (Lipinski definition) is 6. The van der Waals surface area contributed by atoms with Crippen LogP contribution in [-0.2, 0) is 27.7 Å². The van der Waals surface area contributed by atoms with Crippen LogP contribution in [0.15, 0.2) is 0 Å². The molecule has 2 heterocycles. The number of anilines is 1. The van der Waals surface area contributed by atoms with Crippen LogP contribution in [0.4, 0.5) is 5.13 Å². The van der Waals surface area contributed by atoms with Crippen LogP contribution in [0.3, 0.4) is 0 Å². The topological polar surface area (TPSA) is 80.3 Å². The molecule has 0 unspecified atom stereocenters. The van der Waals surface area contributed by atoms with Crippen molar-refractivity contribution in [2.24, 2.45) is 0 Å². The number of fused-ring (bicyclic) bond motifs is 1. The molecule has 0 aromatic carbocycles. The Hall–Kier alpha value is -0.700. The summed E-state index contributed by atoms with van der Waals surface area (Å²) in [7, 11) is -3.35. The summed E-state index contributed by atoms with van der Waals surface area (Å²) in [5.41, 5.74) is 1.00. The Bertz CT molecular complexity index is 475. The van der Waals surface area contributed by atoms with Gasteiger partial charge in [0, 0.05) is 31.0 Å². The average molecular weight is 291 g/mol. The molecule has 0 bridgehead atoms. The molecule has 1 aliphatic rings. The van der Waals surface area contributed by atoms with Gasteiger partial charge in [-0.15, -0.1) is 0 Å². The number of sulfonamides is 1. The molecule has 2 N–H and O–H groups in total. The maximum atomic E-state index is 11.7. The normalized spacial score (nSPS) is 15.4. The van der Waals surface area contributed by atoms with Crippen molar-refractivity contribution in [3.8, 4) is 0 Å². The molecule has 1 aromatic rings. The number of hydrogen-bond donors (Lipinski definition) is 2. The molecule has 1 aliphatic heterocycles. The highest BCUT2D eigenvalue weighted by Crippen LogP contribution is 2.25. The van der Waals surface area contributed by atoms with E-state index in [0.717, 1.165) is 30.1 Å². The van der Waals surface area contributed by atoms with Gasteiger partial charge in [0.25, 0.3) is 0 Å². The Kier molecular flexibility index (Phi) is 4.55. The first kappa shape index (κ1) is 13.7. The maximum absolute atomic E-state index is 11.7. The standard InChI is InChI=1S/C10H17N3O3S2/c1-2-16-5-6-18(14,15)13-10-12-8-3-4-11-7-9(8)17-10/h11H,2-7H2,1H3,(H,12,13). The smallest absolute Gasteiger partial charge is 0.236 e. The largest absolute Gasteiger partial charge is 0.381 e. The SMILES string of the molecule is CCOCCS(=O)(=O)Nc1nc2c(s1)CNCC2. The molecule has 0 atom stereocenters. The first-order valence-corrected chi connectivity index (χ1v) is 8.35. The van der Waals surface area contributed by atoms with Gasteiger partial charge in [0.05, 0.1) is 18.1 Å². The lowest BCUT2D eigenvalue weighted by Crippen LogP contribution is -2.22. The lowest BCUT2D eigenvalue weighted by Gasteiger charge is -2.09. The zero-order chi connectivity index (χ0) is 13.0. The van der Waals surface area contributed by atoms with Gasteiger partial charge in [-0.05, 0) is 6.92 Å². The van der Waals surface area contributed by atoms with Crippen molar-refractivity contribution in [3.05, 3.63) is 10.6 Å². The van der Waals surface area contributed by atoms with Crippen molar-refractivity contribution in [3.63, 3.8) is 0 Å². The lowest BCUT2D eigenvalue weighted by molar-refractivity contribution is 0.163. The van der Waals surface area contributed by atoms with Crippen molar-refractivity contribution < 1.29 is 13.2 Å². The maximum Gasteiger partial charge on any atom is 0.236 e. The summed E-state index contributed by atoms with van der Waals surface area (Å²) in [4.78, 5) is 5.43. The van der Waals surface area contributed by atoms with Crippen LogP contribution >= 0.6 is 11.3 Å². The molecule has 6 nitrogen and oxygen atoms in total. The molecule has 1 aromatic heterocycles. The Balaban J connectivity index is 1.98. The molecule has 0 amide bonds. The van der Waals surface area contributed by atoms with Crippen molar-refractivity contribution >= 4 is 26.5 Å². The molecule has 102 valence electrons. The third-order valence-electron chi connectivity index (χ3n) is 2.55. The Morgan fingerprint density at radius 1 is 1.56 bits per heavy atom. The Morgan fingerprint density at radius 3 is 3.11 bits per heavy atom. The zero-order valence-electron chi connectivity index (χ0n) is 10.2. The number of nitrogens with one attached hydrogen (secondary N) is 2. The molecular weight excluding hydrogens is 274 g/mol. The second kappa shape index (κ2) is 5.96. The van der Waals surface area contributed by atoms with Gasteiger partial charge in [0.1, 0.15) is 0 Å². The summed E-state index contributed by atoms with van der Waals surface area (Å²) in [5, 5.41) is 3.69. The van der Waals surface area contributed by atoms with E-state index in [4.69, 9.17) is 4.74 Å². The van der Waals surface area contributed by atoms with Crippen molar-refractivity contribution in [1.29, 1.82) is 0 Å². The van der Waals surface area contributed by atoms with E-state index in [1.54, 1.807) is 0 Å². The molecule has 0 fully saturated rings. The van der Waals surface area contributed by atoms with Gasteiger partial charge in [-0.25, -0.2) is 13.4 Å². The molecule has 8 heteroatoms. The number of nitrogens with zero attached hydrogens (tertiary/aromatic N) is 1. The van der Waals surface area contributed by atoms with Gasteiger partial charge in [0.2, 0.25) is 10.0 Å². The highest BCUT2D eigenvalue weighted by molar-refractivity contribution is 7.92. The summed E-state index contributed by atoms with van der Waals surface area (Å²) in [5.74, 6) is -0.0384. The molecular formula is C10H17N3O3S2. The second-order valence-electron chi connectivity index (χ2n) is 3.93. The highest BCUT2D eigenvalue weighted by Gasteiger charge is 2.18. The zero-order valence-corrected chi connectivity index (χ0v) is 11.9. The number of ether oxygens (including phenoxy) is 1. The van der Waals surface area contributed by atoms with Crippen molar-refractivity contribution in [1.82, 2.24) is 10.3 Å². The fourth-order valence-electron chi connectivity index (χ4n) is 1.67. The molecule has 0 saturated carbocycles. The summed E-state index contributed by atoms with van der Waals surface area (Å²) < 4.78 is 31.0. The third kappa shape index (κ3) is 3.64. The van der Waals surface area contributed by atoms with E-state index >= 15 is 0 Å². The highest BCUT2D eigenvalue weighted by atomic mass is 32.2. The van der Waals surface area contributed by atoms with Gasteiger partial charge in [-0.2, -0.15) is 0 Å². The van der Waals surface area contributed by atoms with E-state index in [9.17, 15) is 8.42 Å². The van der Waals surface area contributed by atoms with E-state index in [0.29, 0.717) is 11.7 Å². The predicted octanol–water partition coefficient (Wildman–Crippen LogP) is 0.567. The quantitative estimate of drug-likeness (QED) is 0.749. The van der Waals surface area contributed by atoms with Gasteiger partial charge in [0.15, 0.2) is 5.13 Å². The Labute approximate surface area is 111 Å². The lowest BCUT2D eigenvalue weighted by atomic mass is 10.2. The minimum absolute atomic E-state index is 0.0384. The molecule has 0 radical (unpaired) electrons. The minimum atomic E-state index is -3.35. The minimum Gasteiger partial charge on any atom is -0.381 e. The summed E-state index contributed by atoms with van der Waals surface area (Å²) in [6.45, 7) is 4.23. The van der Waals surface area contributed by atoms with Crippen molar-refractivity contribution in [2.45, 2.75) is 19.9 Å². The van der Waals surface area contributed by atoms with Gasteiger partial charge in [-0.1, -0.05) is 11.3 Å². The van der Waals surface area contributed by atoms with Crippen LogP contribution in [0.25, 0.3) is 0 Å². The van der Waals surface area contributed by atoms with E-state index in [1.165, 1.54) is 11.3 Å². The monoisotopic (exact) mass is 291 g/mol. The van der Waals surface area contributed by atoms with E-state index in [1.807, 2.05) is 6.92 Å². The van der Waals surface area contributed by atoms with E-state index in [-0.39, 0.29) is 12.4 Å². The fraction of sp³-hybridized carbons (Fsp3) is 0.700. The van der Waals surface area contributed by atoms with Gasteiger partial charge < -0.3 is 10.1 Å². The van der Waals surface area contributed by atoms with Gasteiger partial charge >= 0.3 is 0 Å². The second-order valence-corrected chi connectivity index (χ2v) is 6.86. The summed E-state index contributed by atoms with van der Waals surface area (Å²) in [6, 6.07) is 0. The van der Waals surface area contributed by atoms with Crippen LogP contribution in [-0.4, -0.2) is 38.9 Å². The van der Waals surface area contributed by atoms with E-state index < -0.39 is 10.0 Å². The molecule has 0 spiro atoms. The van der Waals surface area contributed by atoms with Crippen LogP contribution < -0.4 is 10.0 Å². The summed E-state index contributed by atoms with van der Waals surface area (Å²) >= 11 is 1.40. The Morgan fingerprint density at radius 2 is 2.39 bits per heavy atom. The first-order chi connectivity index (χ1) is 8.61. The number of aromatic nitrogens is 1. The van der Waals surface area contributed by atoms with Crippen LogP contribution in [0.1, 0.15) is 17.5 Å². The van der Waals surface area contributed by atoms with Crippen LogP contribution in [0.5, 0.6) is 0 Å². The molecule has 0 aliphatic carbocycles. The number of rotatable bonds is 6. The van der Waals surface area contributed by atoms with Gasteiger partial charge in [-0.3, -0.25) is 4.72 Å². The summed E-state index contributed by atoms with van der Waals surface area (Å²) in [6.07, 6.45) is 0.854. The van der Waals surface area contributed by atoms with Crippen LogP contribution in [0.2, 0.25) is 0 Å². The predicted molar refractivity (Wildman–Crippen MR) is 71.4 cm³/mol. The molecule has 2 rings (SSSR count).